The van der Waals surface area contributed by atoms with Gasteiger partial charge in [0, 0.05) is 27.9 Å². The van der Waals surface area contributed by atoms with Gasteiger partial charge in [-0.05, 0) is 218 Å². The standard InChI is InChI=1S/C26H39Br2N3O2.C8H10BrNO.C6H15N.C5H4BrNO2/c1-7-25(3,13-9-15-31(5)6)33-23-11-10-19(16-21(23)28)12-14-30-26(4,8-2)24(32)22-17-20(27)18-29-22;9-7-5-6(3-4-10)1-2-8(7)11;1-4-5-6-7(2)3;6-3-1-4(5(8)9)7-2-3/h10-11,16-18,29-30H,7-9,12-15H2,1-6H3;1-2,5,11H,3-4,10H2;4-6H2,1-3H3;1-2,7H,(H,8,9)/t25-,26-;;;/m1.../s1. The molecule has 15 heteroatoms. The topological polar surface area (TPSA) is 160 Å². The third-order valence-electron chi connectivity index (χ3n) is 9.72. The number of aromatic amines is 2. The number of hydrogen-bond donors (Lipinski definition) is 6. The molecule has 60 heavy (non-hydrogen) atoms. The second-order valence-corrected chi connectivity index (χ2v) is 19.1. The molecule has 4 aromatic rings. The van der Waals surface area contributed by atoms with Crippen molar-refractivity contribution in [1.82, 2.24) is 25.1 Å². The molecule has 0 spiro atoms. The summed E-state index contributed by atoms with van der Waals surface area (Å²) in [5.41, 5.74) is 7.72. The molecule has 0 amide bonds. The summed E-state index contributed by atoms with van der Waals surface area (Å²) < 4.78 is 9.77. The van der Waals surface area contributed by atoms with Gasteiger partial charge in [-0.15, -0.1) is 0 Å². The van der Waals surface area contributed by atoms with Crippen molar-refractivity contribution >= 4 is 75.5 Å². The number of halogens is 4. The number of unbranched alkanes of at least 4 members (excludes halogenated alkanes) is 1. The molecular formula is C45H68Br4N6O5. The van der Waals surface area contributed by atoms with Gasteiger partial charge in [0.05, 0.1) is 20.2 Å². The van der Waals surface area contributed by atoms with Crippen molar-refractivity contribution in [3.05, 3.63) is 101 Å². The van der Waals surface area contributed by atoms with Crippen LogP contribution in [0.3, 0.4) is 0 Å². The Morgan fingerprint density at radius 3 is 1.77 bits per heavy atom. The molecule has 0 saturated carbocycles. The van der Waals surface area contributed by atoms with Crippen LogP contribution in [0, 0.1) is 0 Å². The number of H-pyrrole nitrogens is 2. The molecule has 2 heterocycles. The van der Waals surface area contributed by atoms with Gasteiger partial charge in [0.2, 0.25) is 0 Å². The summed E-state index contributed by atoms with van der Waals surface area (Å²) in [5.74, 6) is 0.284. The van der Waals surface area contributed by atoms with Gasteiger partial charge in [0.25, 0.3) is 0 Å². The van der Waals surface area contributed by atoms with E-state index < -0.39 is 11.5 Å². The van der Waals surface area contributed by atoms with Gasteiger partial charge >= 0.3 is 5.97 Å². The first kappa shape index (κ1) is 55.5. The van der Waals surface area contributed by atoms with E-state index in [4.69, 9.17) is 20.7 Å². The van der Waals surface area contributed by atoms with Crippen molar-refractivity contribution < 1.29 is 24.5 Å². The van der Waals surface area contributed by atoms with Crippen molar-refractivity contribution in [3.63, 3.8) is 0 Å². The van der Waals surface area contributed by atoms with Crippen LogP contribution < -0.4 is 15.8 Å². The number of nitrogens with zero attached hydrogens (tertiary/aromatic N) is 2. The monoisotopic (exact) mass is 1090 g/mol. The Morgan fingerprint density at radius 1 is 0.783 bits per heavy atom. The van der Waals surface area contributed by atoms with Crippen molar-refractivity contribution in [2.24, 2.45) is 5.73 Å². The van der Waals surface area contributed by atoms with E-state index in [2.05, 4.69) is 156 Å². The van der Waals surface area contributed by atoms with Crippen LogP contribution in [0.5, 0.6) is 11.5 Å². The fourth-order valence-corrected chi connectivity index (χ4v) is 7.22. The number of nitrogens with two attached hydrogens (primary N) is 1. The van der Waals surface area contributed by atoms with E-state index in [0.29, 0.717) is 25.2 Å². The highest BCUT2D eigenvalue weighted by Crippen LogP contribution is 2.33. The molecule has 0 saturated heterocycles. The maximum absolute atomic E-state index is 13.0. The number of aromatic carboxylic acids is 1. The second kappa shape index (κ2) is 29.0. The van der Waals surface area contributed by atoms with Crippen LogP contribution >= 0.6 is 63.7 Å². The molecule has 0 fully saturated rings. The van der Waals surface area contributed by atoms with Gasteiger partial charge < -0.3 is 45.8 Å². The average Bonchev–Trinajstić information content (AvgIpc) is 3.85. The number of carbonyl (C=O) groups is 2. The molecule has 0 unspecified atom stereocenters. The average molecular weight is 1090 g/mol. The van der Waals surface area contributed by atoms with Gasteiger partial charge in [0.15, 0.2) is 5.78 Å². The lowest BCUT2D eigenvalue weighted by Gasteiger charge is -2.31. The summed E-state index contributed by atoms with van der Waals surface area (Å²) in [4.78, 5) is 33.2. The summed E-state index contributed by atoms with van der Waals surface area (Å²) in [6.07, 6.45) is 11.4. The normalized spacial score (nSPS) is 12.9. The molecule has 0 radical (unpaired) electrons. The molecule has 2 aromatic heterocycles. The molecule has 11 nitrogen and oxygen atoms in total. The van der Waals surface area contributed by atoms with Crippen LogP contribution in [0.2, 0.25) is 0 Å². The maximum Gasteiger partial charge on any atom is 0.352 e. The Morgan fingerprint density at radius 2 is 1.33 bits per heavy atom. The fraction of sp³-hybridized carbons (Fsp3) is 0.511. The summed E-state index contributed by atoms with van der Waals surface area (Å²) in [6.45, 7) is 14.2. The van der Waals surface area contributed by atoms with E-state index in [1.54, 1.807) is 18.5 Å². The molecule has 0 bridgehead atoms. The molecule has 336 valence electrons. The lowest BCUT2D eigenvalue weighted by Crippen LogP contribution is -2.49. The van der Waals surface area contributed by atoms with Crippen LogP contribution in [0.4, 0.5) is 0 Å². The SMILES string of the molecule is CCCCN(C)C.CC[C@](C)(CCCN(C)C)Oc1ccc(CCN[C@](C)(CC)C(=O)c2cc(Br)c[nH]2)cc1Br.NCCc1ccc(O)c(Br)c1.O=C(O)c1cc(Br)c[nH]1. The predicted molar refractivity (Wildman–Crippen MR) is 262 cm³/mol. The van der Waals surface area contributed by atoms with Crippen LogP contribution in [0.1, 0.15) is 105 Å². The minimum Gasteiger partial charge on any atom is -0.507 e. The number of carbonyl (C=O) groups excluding carboxylic acids is 1. The number of ether oxygens (including phenoxy) is 1. The number of carboxylic acids is 1. The molecule has 2 atom stereocenters. The number of phenols is 1. The quantitative estimate of drug-likeness (QED) is 0.0474. The zero-order valence-electron chi connectivity index (χ0n) is 36.9. The number of nitrogens with one attached hydrogen (secondary N) is 3. The fourth-order valence-electron chi connectivity index (χ4n) is 5.60. The van der Waals surface area contributed by atoms with Crippen LogP contribution in [0.25, 0.3) is 0 Å². The summed E-state index contributed by atoms with van der Waals surface area (Å²) in [6, 6.07) is 15.0. The molecule has 7 N–H and O–H groups in total. The highest BCUT2D eigenvalue weighted by atomic mass is 79.9. The number of rotatable bonds is 20. The second-order valence-electron chi connectivity index (χ2n) is 15.5. The van der Waals surface area contributed by atoms with Crippen LogP contribution in [0.15, 0.2) is 78.8 Å². The molecule has 0 aliphatic heterocycles. The summed E-state index contributed by atoms with van der Waals surface area (Å²) in [7, 11) is 8.42. The number of aromatic hydroxyl groups is 1. The van der Waals surface area contributed by atoms with E-state index >= 15 is 0 Å². The Labute approximate surface area is 392 Å². The Balaban J connectivity index is 0.000000532. The third-order valence-corrected chi connectivity index (χ3v) is 11.9. The number of Topliss-reactive ketones (excluding diaryl/α,β-unsaturated/α-hetero) is 1. The number of hydrogen-bond acceptors (Lipinski definition) is 8. The largest absolute Gasteiger partial charge is 0.507 e. The third kappa shape index (κ3) is 21.5. The van der Waals surface area contributed by atoms with Crippen molar-refractivity contribution in [2.45, 2.75) is 97.1 Å². The Kier molecular flexibility index (Phi) is 26.8. The van der Waals surface area contributed by atoms with E-state index in [0.717, 1.165) is 67.9 Å². The minimum atomic E-state index is -0.944. The van der Waals surface area contributed by atoms with E-state index in [1.165, 1.54) is 31.0 Å². The van der Waals surface area contributed by atoms with Crippen molar-refractivity contribution in [3.8, 4) is 11.5 Å². The first-order valence-electron chi connectivity index (χ1n) is 20.4. The number of carboxylic acid groups (broad SMARTS) is 1. The zero-order chi connectivity index (χ0) is 45.5. The number of ketones is 1. The highest BCUT2D eigenvalue weighted by Gasteiger charge is 2.32. The minimum absolute atomic E-state index is 0.0775. The molecule has 0 aliphatic carbocycles. The van der Waals surface area contributed by atoms with Crippen molar-refractivity contribution in [2.75, 3.05) is 54.4 Å². The molecule has 2 aromatic carbocycles. The summed E-state index contributed by atoms with van der Waals surface area (Å²) in [5, 5.41) is 21.0. The van der Waals surface area contributed by atoms with Crippen LogP contribution in [-0.2, 0) is 12.8 Å². The predicted octanol–water partition coefficient (Wildman–Crippen LogP) is 11.1. The smallest absolute Gasteiger partial charge is 0.352 e. The molecule has 0 aliphatic rings. The zero-order valence-corrected chi connectivity index (χ0v) is 43.2. The number of aromatic nitrogens is 2. The van der Waals surface area contributed by atoms with Crippen molar-refractivity contribution in [1.29, 1.82) is 0 Å². The van der Waals surface area contributed by atoms with Gasteiger partial charge in [0.1, 0.15) is 22.8 Å². The highest BCUT2D eigenvalue weighted by molar-refractivity contribution is 9.11. The lowest BCUT2D eigenvalue weighted by molar-refractivity contribution is 0.0687. The summed E-state index contributed by atoms with van der Waals surface area (Å²) >= 11 is 13.4. The lowest BCUT2D eigenvalue weighted by atomic mass is 9.91. The first-order valence-corrected chi connectivity index (χ1v) is 23.5. The van der Waals surface area contributed by atoms with E-state index in [-0.39, 0.29) is 22.8 Å². The molecular weight excluding hydrogens is 1020 g/mol. The molecule has 4 rings (SSSR count). The van der Waals surface area contributed by atoms with E-state index in [9.17, 15) is 9.59 Å². The van der Waals surface area contributed by atoms with Crippen LogP contribution in [-0.4, -0.2) is 107 Å². The van der Waals surface area contributed by atoms with Gasteiger partial charge in [-0.3, -0.25) is 4.79 Å². The Bertz CT molecular complexity index is 1850. The van der Waals surface area contributed by atoms with E-state index in [1.807, 2.05) is 32.0 Å². The van der Waals surface area contributed by atoms with Gasteiger partial charge in [-0.2, -0.15) is 0 Å². The van der Waals surface area contributed by atoms with Gasteiger partial charge in [-0.25, -0.2) is 4.79 Å². The van der Waals surface area contributed by atoms with Gasteiger partial charge in [-0.1, -0.05) is 39.3 Å². The number of benzene rings is 2. The first-order chi connectivity index (χ1) is 28.2. The Hall–Kier alpha value is -2.50. The maximum atomic E-state index is 13.0. The number of phenolic OH excluding ortho intramolecular Hbond substituents is 1.